The zero-order valence-corrected chi connectivity index (χ0v) is 42.4. The smallest absolute Gasteiger partial charge is 0.410 e. The molecule has 0 radical (unpaired) electrons. The van der Waals surface area contributed by atoms with Gasteiger partial charge in [0.15, 0.2) is 0 Å². The minimum absolute atomic E-state index is 0.00360. The molecule has 0 unspecified atom stereocenters. The van der Waals surface area contributed by atoms with E-state index in [2.05, 4.69) is 62.2 Å². The molecule has 0 saturated heterocycles. The van der Waals surface area contributed by atoms with E-state index in [1.54, 1.807) is 13.8 Å². The van der Waals surface area contributed by atoms with Crippen LogP contribution in [0.15, 0.2) is 84.9 Å². The van der Waals surface area contributed by atoms with Gasteiger partial charge in [-0.25, -0.2) is 14.0 Å². The Morgan fingerprint density at radius 1 is 0.724 bits per heavy atom. The minimum atomic E-state index is -1.37. The third kappa shape index (κ3) is 15.4. The van der Waals surface area contributed by atoms with Gasteiger partial charge in [0.1, 0.15) is 37.1 Å². The molecule has 0 aromatic heterocycles. The van der Waals surface area contributed by atoms with E-state index >= 15 is 4.39 Å². The van der Waals surface area contributed by atoms with Crippen molar-refractivity contribution in [2.45, 2.75) is 96.5 Å². The van der Waals surface area contributed by atoms with Crippen molar-refractivity contribution in [2.75, 3.05) is 32.0 Å². The summed E-state index contributed by atoms with van der Waals surface area (Å²) in [4.78, 5) is 128. The Bertz CT molecular complexity index is 3000. The molecule has 1 heterocycles. The Morgan fingerprint density at radius 3 is 2.07 bits per heavy atom. The number of carbonyl (C=O) groups excluding carboxylic acids is 9. The Hall–Kier alpha value is -8.69. The fourth-order valence-corrected chi connectivity index (χ4v) is 8.73. The largest absolute Gasteiger partial charge is 0.481 e. The van der Waals surface area contributed by atoms with Crippen LogP contribution < -0.4 is 37.6 Å². The van der Waals surface area contributed by atoms with E-state index in [1.165, 1.54) is 31.3 Å². The van der Waals surface area contributed by atoms with Crippen LogP contribution in [0.2, 0.25) is 0 Å². The summed E-state index contributed by atoms with van der Waals surface area (Å²) >= 11 is 0. The number of primary amides is 1. The summed E-state index contributed by atoms with van der Waals surface area (Å²) in [6.07, 6.45) is 1.83. The average molecular weight is 1050 g/mol. The van der Waals surface area contributed by atoms with E-state index in [1.807, 2.05) is 24.3 Å². The first-order valence-electron chi connectivity index (χ1n) is 24.9. The Labute approximate surface area is 436 Å². The monoisotopic (exact) mass is 1050 g/mol. The molecule has 402 valence electrons. The van der Waals surface area contributed by atoms with E-state index in [0.29, 0.717) is 19.3 Å². The van der Waals surface area contributed by atoms with E-state index < -0.39 is 102 Å². The molecule has 0 aliphatic carbocycles. The number of nitrogens with zero attached hydrogens (tertiary/aromatic N) is 2. The highest BCUT2D eigenvalue weighted by Crippen LogP contribution is 2.36. The first-order valence-corrected chi connectivity index (χ1v) is 24.9. The molecule has 0 saturated carbocycles. The molecule has 9 N–H and O–H groups in total. The second kappa shape index (κ2) is 26.5. The first-order chi connectivity index (χ1) is 36.3. The van der Waals surface area contributed by atoms with Crippen molar-refractivity contribution < 1.29 is 62.2 Å². The molecule has 21 nitrogen and oxygen atoms in total. The number of halogens is 1. The number of aliphatic carboxylic acids is 1. The van der Waals surface area contributed by atoms with Crippen LogP contribution in [0.25, 0.3) is 32.3 Å². The number of likely N-dealkylation sites (N-methyl/N-ethyl adjacent to an activating group) is 1. The van der Waals surface area contributed by atoms with Crippen molar-refractivity contribution in [1.29, 1.82) is 0 Å². The molecule has 5 aromatic rings. The van der Waals surface area contributed by atoms with Gasteiger partial charge in [-0.1, -0.05) is 80.9 Å². The number of nitrogens with two attached hydrogens (primary N) is 1. The van der Waals surface area contributed by atoms with Gasteiger partial charge in [-0.2, -0.15) is 0 Å². The van der Waals surface area contributed by atoms with Crippen LogP contribution in [0, 0.1) is 11.7 Å². The normalized spacial score (nSPS) is 13.4. The molecule has 3 atom stereocenters. The van der Waals surface area contributed by atoms with Crippen LogP contribution in [0.3, 0.4) is 0 Å². The van der Waals surface area contributed by atoms with Gasteiger partial charge in [0.2, 0.25) is 29.5 Å². The average Bonchev–Trinajstić information content (AvgIpc) is 3.71. The van der Waals surface area contributed by atoms with E-state index in [4.69, 9.17) is 10.5 Å². The van der Waals surface area contributed by atoms with E-state index in [0.717, 1.165) is 53.7 Å². The summed E-state index contributed by atoms with van der Waals surface area (Å²) in [6, 6.07) is 17.1. The van der Waals surface area contributed by atoms with Gasteiger partial charge in [0.25, 0.3) is 11.8 Å². The molecule has 76 heavy (non-hydrogen) atoms. The number of urea groups is 1. The second-order valence-corrected chi connectivity index (χ2v) is 18.8. The predicted molar refractivity (Wildman–Crippen MR) is 278 cm³/mol. The SMILES string of the molecule is CC(C)[C@H](NC(=O)[C@H](CCC(=O)O)NC(=O)CCCCCN1C(=O)C=CC1=O)C(=O)N[C@@H](CCCNC(N)=O)C(=O)Nc1ccc(COC(=O)N(C)CC(=O)NCc2ccc3ccc4cccc5ccc2c3c45)cc1F. The maximum Gasteiger partial charge on any atom is 0.410 e. The Kier molecular flexibility index (Phi) is 19.7. The quantitative estimate of drug-likeness (QED) is 0.0206. The van der Waals surface area contributed by atoms with Crippen molar-refractivity contribution in [3.05, 3.63) is 102 Å². The molecule has 22 heteroatoms. The standard InChI is InChI=1S/C54H62FN9O12/c1-31(2)49(62-51(72)41(21-24-46(69)70)59-42(65)12-5-4-6-26-64-44(67)22-23-45(64)68)52(73)61-40(11-8-25-57-53(56)74)50(71)60-39-20-13-32(27-38(39)55)30-76-54(75)63(3)29-43(66)58-28-36-17-16-35-15-14-33-9-7-10-34-18-19-37(36)48(35)47(33)34/h7,9-10,13-20,22-23,27,31,40-41,49H,4-6,8,11-12,21,24-26,28-30H2,1-3H3,(H,58,66)(H,59,65)(H,60,71)(H,61,73)(H,62,72)(H,69,70)(H3,56,57,74)/t40-,41-,49-/m0/s1. The highest BCUT2D eigenvalue weighted by Gasteiger charge is 2.32. The minimum Gasteiger partial charge on any atom is -0.481 e. The lowest BCUT2D eigenvalue weighted by Gasteiger charge is -2.27. The summed E-state index contributed by atoms with van der Waals surface area (Å²) in [5.74, 6) is -7.22. The van der Waals surface area contributed by atoms with Gasteiger partial charge >= 0.3 is 18.1 Å². The van der Waals surface area contributed by atoms with Crippen molar-refractivity contribution >= 4 is 97.4 Å². The maximum absolute atomic E-state index is 15.6. The Morgan fingerprint density at radius 2 is 1.39 bits per heavy atom. The number of rotatable bonds is 27. The van der Waals surface area contributed by atoms with Crippen molar-refractivity contribution in [3.63, 3.8) is 0 Å². The number of imide groups is 1. The van der Waals surface area contributed by atoms with Gasteiger partial charge in [0, 0.05) is 51.7 Å². The van der Waals surface area contributed by atoms with Crippen LogP contribution in [0.4, 0.5) is 19.7 Å². The summed E-state index contributed by atoms with van der Waals surface area (Å²) in [7, 11) is 1.38. The number of ether oxygens (including phenoxy) is 1. The molecule has 5 aromatic carbocycles. The lowest BCUT2D eigenvalue weighted by Crippen LogP contribution is -2.57. The van der Waals surface area contributed by atoms with Crippen molar-refractivity contribution in [2.24, 2.45) is 11.7 Å². The number of hydrogen-bond donors (Lipinski definition) is 8. The number of nitrogens with one attached hydrogen (secondary N) is 6. The van der Waals surface area contributed by atoms with Crippen LogP contribution in [-0.2, 0) is 56.2 Å². The molecule has 10 amide bonds. The van der Waals surface area contributed by atoms with E-state index in [-0.39, 0.29) is 63.1 Å². The molecule has 6 rings (SSSR count). The number of anilines is 1. The van der Waals surface area contributed by atoms with Gasteiger partial charge in [-0.15, -0.1) is 0 Å². The molecular formula is C54H62FN9O12. The van der Waals surface area contributed by atoms with E-state index in [9.17, 15) is 53.1 Å². The van der Waals surface area contributed by atoms with Crippen LogP contribution in [0.1, 0.15) is 76.3 Å². The number of unbranched alkanes of at least 4 members (excludes halogenated alkanes) is 2. The predicted octanol–water partition coefficient (Wildman–Crippen LogP) is 4.46. The molecule has 0 fully saturated rings. The highest BCUT2D eigenvalue weighted by molar-refractivity contribution is 6.23. The number of carbonyl (C=O) groups is 10. The van der Waals surface area contributed by atoms with Crippen LogP contribution >= 0.6 is 0 Å². The fraction of sp³-hybridized carbons (Fsp3) is 0.370. The third-order valence-corrected chi connectivity index (χ3v) is 12.8. The number of hydrogen-bond acceptors (Lipinski definition) is 11. The number of benzene rings is 5. The number of amides is 10. The number of carboxylic acids is 1. The second-order valence-electron chi connectivity index (χ2n) is 18.8. The molecule has 0 bridgehead atoms. The van der Waals surface area contributed by atoms with Gasteiger partial charge in [-0.05, 0) is 93.6 Å². The van der Waals surface area contributed by atoms with Gasteiger partial charge in [0.05, 0.1) is 5.69 Å². The molecule has 1 aliphatic heterocycles. The van der Waals surface area contributed by atoms with Crippen molar-refractivity contribution in [3.8, 4) is 0 Å². The van der Waals surface area contributed by atoms with Crippen LogP contribution in [0.5, 0.6) is 0 Å². The summed E-state index contributed by atoms with van der Waals surface area (Å²) in [5, 5.41) is 31.3. The third-order valence-electron chi connectivity index (χ3n) is 12.8. The van der Waals surface area contributed by atoms with Crippen molar-refractivity contribution in [1.82, 2.24) is 36.4 Å². The lowest BCUT2D eigenvalue weighted by atomic mass is 9.92. The molecular weight excluding hydrogens is 986 g/mol. The van der Waals surface area contributed by atoms with Gasteiger partial charge in [-0.3, -0.25) is 43.3 Å². The molecule has 1 aliphatic rings. The number of carboxylic acid groups (broad SMARTS) is 1. The van der Waals surface area contributed by atoms with Crippen LogP contribution in [-0.4, -0.2) is 119 Å². The van der Waals surface area contributed by atoms with Gasteiger partial charge < -0.3 is 52.4 Å². The Balaban J connectivity index is 1.00. The fourth-order valence-electron chi connectivity index (χ4n) is 8.73. The first kappa shape index (κ1) is 56.6. The topological polar surface area (TPSA) is 305 Å². The highest BCUT2D eigenvalue weighted by atomic mass is 19.1. The molecule has 0 spiro atoms. The lowest BCUT2D eigenvalue weighted by molar-refractivity contribution is -0.139. The summed E-state index contributed by atoms with van der Waals surface area (Å²) in [5.41, 5.74) is 6.00. The zero-order chi connectivity index (χ0) is 55.1. The summed E-state index contributed by atoms with van der Waals surface area (Å²) in [6.45, 7) is 2.87. The zero-order valence-electron chi connectivity index (χ0n) is 42.4. The summed E-state index contributed by atoms with van der Waals surface area (Å²) < 4.78 is 20.9. The maximum atomic E-state index is 15.6.